The maximum absolute atomic E-state index is 12.1. The molecule has 1 aromatic carbocycles. The first-order valence-corrected chi connectivity index (χ1v) is 6.79. The summed E-state index contributed by atoms with van der Waals surface area (Å²) in [6.45, 7) is 2.95. The lowest BCUT2D eigenvalue weighted by molar-refractivity contribution is 0.0940. The average Bonchev–Trinajstić information content (AvgIpc) is 3.06. The number of nitrogens with one attached hydrogen (secondary N) is 2. The average molecular weight is 257 g/mol. The molecule has 0 unspecified atom stereocenters. The van der Waals surface area contributed by atoms with E-state index in [1.54, 1.807) is 0 Å². The fourth-order valence-electron chi connectivity index (χ4n) is 2.50. The van der Waals surface area contributed by atoms with E-state index >= 15 is 0 Å². The maximum atomic E-state index is 12.1. The normalized spacial score (nSPS) is 16.5. The maximum Gasteiger partial charge on any atom is 0.267 e. The summed E-state index contributed by atoms with van der Waals surface area (Å²) < 4.78 is 0. The highest BCUT2D eigenvalue weighted by Crippen LogP contribution is 2.47. The third-order valence-electron chi connectivity index (χ3n) is 4.26. The number of nitrogens with two attached hydrogens (primary N) is 1. The zero-order valence-electron chi connectivity index (χ0n) is 11.1. The fourth-order valence-corrected chi connectivity index (χ4v) is 2.50. The summed E-state index contributed by atoms with van der Waals surface area (Å²) in [7, 11) is 0. The number of carbonyl (C=O) groups is 1. The minimum absolute atomic E-state index is 0.0460. The lowest BCUT2D eigenvalue weighted by Crippen LogP contribution is -2.30. The molecule has 1 aliphatic carbocycles. The van der Waals surface area contributed by atoms with Gasteiger partial charge >= 0.3 is 0 Å². The van der Waals surface area contributed by atoms with Crippen molar-refractivity contribution in [2.75, 3.05) is 12.3 Å². The summed E-state index contributed by atoms with van der Waals surface area (Å²) in [5.74, 6) is -0.0460. The van der Waals surface area contributed by atoms with Crippen LogP contribution < -0.4 is 11.1 Å². The second-order valence-corrected chi connectivity index (χ2v) is 5.53. The molecular formula is C15H19N3O. The number of aromatic amines is 1. The molecule has 19 heavy (non-hydrogen) atoms. The van der Waals surface area contributed by atoms with Crippen LogP contribution in [0.25, 0.3) is 10.9 Å². The zero-order valence-corrected chi connectivity index (χ0v) is 11.1. The van der Waals surface area contributed by atoms with Gasteiger partial charge in [-0.15, -0.1) is 0 Å². The molecule has 1 aliphatic rings. The van der Waals surface area contributed by atoms with Crippen molar-refractivity contribution >= 4 is 22.5 Å². The number of fused-ring (bicyclic) bond motifs is 1. The van der Waals surface area contributed by atoms with Gasteiger partial charge in [0.25, 0.3) is 5.91 Å². The molecule has 0 aliphatic heterocycles. The summed E-state index contributed by atoms with van der Waals surface area (Å²) in [4.78, 5) is 15.2. The van der Waals surface area contributed by atoms with Crippen LogP contribution in [0.3, 0.4) is 0 Å². The SMILES string of the molecule is CCC1(CNC(=O)c2cc3cccc(N)c3[nH]2)CC1. The summed E-state index contributed by atoms with van der Waals surface area (Å²) in [5.41, 5.74) is 8.33. The Kier molecular flexibility index (Phi) is 2.73. The number of H-pyrrole nitrogens is 1. The second-order valence-electron chi connectivity index (χ2n) is 5.53. The molecule has 0 spiro atoms. The van der Waals surface area contributed by atoms with E-state index in [4.69, 9.17) is 5.73 Å². The van der Waals surface area contributed by atoms with Crippen molar-refractivity contribution in [3.8, 4) is 0 Å². The van der Waals surface area contributed by atoms with Crippen LogP contribution in [0, 0.1) is 5.41 Å². The lowest BCUT2D eigenvalue weighted by atomic mass is 10.0. The predicted molar refractivity (Wildman–Crippen MR) is 77.0 cm³/mol. The van der Waals surface area contributed by atoms with Gasteiger partial charge in [-0.3, -0.25) is 4.79 Å². The summed E-state index contributed by atoms with van der Waals surface area (Å²) in [6, 6.07) is 7.53. The van der Waals surface area contributed by atoms with Crippen molar-refractivity contribution in [3.63, 3.8) is 0 Å². The van der Waals surface area contributed by atoms with Gasteiger partial charge in [0.15, 0.2) is 0 Å². The number of nitrogen functional groups attached to an aromatic ring is 1. The number of benzene rings is 1. The highest BCUT2D eigenvalue weighted by Gasteiger charge is 2.40. The Labute approximate surface area is 112 Å². The number of rotatable bonds is 4. The first-order valence-electron chi connectivity index (χ1n) is 6.79. The van der Waals surface area contributed by atoms with E-state index in [0.717, 1.165) is 23.9 Å². The van der Waals surface area contributed by atoms with Crippen LogP contribution in [-0.4, -0.2) is 17.4 Å². The number of aromatic nitrogens is 1. The van der Waals surface area contributed by atoms with E-state index in [-0.39, 0.29) is 5.91 Å². The van der Waals surface area contributed by atoms with Crippen molar-refractivity contribution < 1.29 is 4.79 Å². The molecule has 1 fully saturated rings. The first-order chi connectivity index (χ1) is 9.13. The molecule has 0 saturated heterocycles. The van der Waals surface area contributed by atoms with E-state index in [9.17, 15) is 4.79 Å². The summed E-state index contributed by atoms with van der Waals surface area (Å²) in [5, 5.41) is 4.00. The number of anilines is 1. The Morgan fingerprint density at radius 3 is 2.89 bits per heavy atom. The van der Waals surface area contributed by atoms with Crippen molar-refractivity contribution in [2.45, 2.75) is 26.2 Å². The van der Waals surface area contributed by atoms with Gasteiger partial charge in [0.05, 0.1) is 11.2 Å². The second kappa shape index (κ2) is 4.30. The fraction of sp³-hybridized carbons (Fsp3) is 0.400. The lowest BCUT2D eigenvalue weighted by Gasteiger charge is -2.12. The Balaban J connectivity index is 1.76. The van der Waals surface area contributed by atoms with Crippen molar-refractivity contribution in [2.24, 2.45) is 5.41 Å². The number of carbonyl (C=O) groups excluding carboxylic acids is 1. The van der Waals surface area contributed by atoms with Crippen LogP contribution in [0.4, 0.5) is 5.69 Å². The van der Waals surface area contributed by atoms with Gasteiger partial charge in [-0.25, -0.2) is 0 Å². The molecule has 0 radical (unpaired) electrons. The Morgan fingerprint density at radius 2 is 2.26 bits per heavy atom. The number of hydrogen-bond donors (Lipinski definition) is 3. The van der Waals surface area contributed by atoms with Gasteiger partial charge in [0.1, 0.15) is 5.69 Å². The van der Waals surface area contributed by atoms with Gasteiger partial charge < -0.3 is 16.0 Å². The van der Waals surface area contributed by atoms with Crippen LogP contribution in [0.1, 0.15) is 36.7 Å². The van der Waals surface area contributed by atoms with Crippen LogP contribution in [-0.2, 0) is 0 Å². The number of amides is 1. The summed E-state index contributed by atoms with van der Waals surface area (Å²) in [6.07, 6.45) is 3.58. The van der Waals surface area contributed by atoms with Crippen molar-refractivity contribution in [3.05, 3.63) is 30.0 Å². The van der Waals surface area contributed by atoms with E-state index in [2.05, 4.69) is 17.2 Å². The van der Waals surface area contributed by atoms with Gasteiger partial charge in [-0.2, -0.15) is 0 Å². The minimum atomic E-state index is -0.0460. The van der Waals surface area contributed by atoms with Gasteiger partial charge in [-0.1, -0.05) is 19.1 Å². The molecule has 1 heterocycles. The Bertz CT molecular complexity index is 625. The molecule has 0 atom stereocenters. The molecule has 3 rings (SSSR count). The highest BCUT2D eigenvalue weighted by atomic mass is 16.1. The molecule has 4 nitrogen and oxygen atoms in total. The van der Waals surface area contributed by atoms with Gasteiger partial charge in [0, 0.05) is 11.9 Å². The molecule has 2 aromatic rings. The van der Waals surface area contributed by atoms with Crippen LogP contribution in [0.5, 0.6) is 0 Å². The largest absolute Gasteiger partial charge is 0.397 e. The highest BCUT2D eigenvalue weighted by molar-refractivity contribution is 6.00. The number of para-hydroxylation sites is 1. The monoisotopic (exact) mass is 257 g/mol. The van der Waals surface area contributed by atoms with Gasteiger partial charge in [0.2, 0.25) is 0 Å². The molecular weight excluding hydrogens is 238 g/mol. The molecule has 1 aromatic heterocycles. The Hall–Kier alpha value is -1.97. The summed E-state index contributed by atoms with van der Waals surface area (Å²) >= 11 is 0. The van der Waals surface area contributed by atoms with Crippen LogP contribution in [0.2, 0.25) is 0 Å². The van der Waals surface area contributed by atoms with E-state index < -0.39 is 0 Å². The minimum Gasteiger partial charge on any atom is -0.397 e. The topological polar surface area (TPSA) is 70.9 Å². The number of hydrogen-bond acceptors (Lipinski definition) is 2. The van der Waals surface area contributed by atoms with E-state index in [1.807, 2.05) is 24.3 Å². The van der Waals surface area contributed by atoms with Gasteiger partial charge in [-0.05, 0) is 36.8 Å². The van der Waals surface area contributed by atoms with Crippen molar-refractivity contribution in [1.82, 2.24) is 10.3 Å². The zero-order chi connectivity index (χ0) is 13.5. The molecule has 0 bridgehead atoms. The third kappa shape index (κ3) is 2.18. The first kappa shape index (κ1) is 12.1. The smallest absolute Gasteiger partial charge is 0.267 e. The molecule has 1 saturated carbocycles. The van der Waals surface area contributed by atoms with Crippen LogP contribution in [0.15, 0.2) is 24.3 Å². The quantitative estimate of drug-likeness (QED) is 0.737. The molecule has 4 heteroatoms. The van der Waals surface area contributed by atoms with E-state index in [0.29, 0.717) is 16.8 Å². The predicted octanol–water partition coefficient (Wildman–Crippen LogP) is 2.67. The standard InChI is InChI=1S/C15H19N3O/c1-2-15(6-7-15)9-17-14(19)12-8-10-4-3-5-11(16)13(10)18-12/h3-5,8,18H,2,6-7,9,16H2,1H3,(H,17,19). The third-order valence-corrected chi connectivity index (χ3v) is 4.26. The molecule has 4 N–H and O–H groups in total. The van der Waals surface area contributed by atoms with Crippen molar-refractivity contribution in [1.29, 1.82) is 0 Å². The molecule has 1 amide bonds. The molecule has 100 valence electrons. The van der Waals surface area contributed by atoms with E-state index in [1.165, 1.54) is 12.8 Å². The Morgan fingerprint density at radius 1 is 1.47 bits per heavy atom. The van der Waals surface area contributed by atoms with Crippen LogP contribution >= 0.6 is 0 Å².